The van der Waals surface area contributed by atoms with Gasteiger partial charge in [-0.3, -0.25) is 19.7 Å². The fourth-order valence-corrected chi connectivity index (χ4v) is 2.30. The van der Waals surface area contributed by atoms with Crippen LogP contribution < -0.4 is 4.74 Å². The summed E-state index contributed by atoms with van der Waals surface area (Å²) in [6.07, 6.45) is 0. The van der Waals surface area contributed by atoms with Crippen LogP contribution in [0.2, 0.25) is 0 Å². The lowest BCUT2D eigenvalue weighted by molar-refractivity contribution is -0.484. The second-order valence-corrected chi connectivity index (χ2v) is 4.88. The predicted octanol–water partition coefficient (Wildman–Crippen LogP) is 1.80. The average molecular weight is 339 g/mol. The summed E-state index contributed by atoms with van der Waals surface area (Å²) < 4.78 is 14.9. The summed E-state index contributed by atoms with van der Waals surface area (Å²) in [6.45, 7) is 2.70. The van der Waals surface area contributed by atoms with Crippen molar-refractivity contribution >= 4 is 11.9 Å². The Hall–Kier alpha value is -2.64. The number of methoxy groups -OCH3 is 1. The van der Waals surface area contributed by atoms with Gasteiger partial charge in [0.1, 0.15) is 5.75 Å². The summed E-state index contributed by atoms with van der Waals surface area (Å²) in [6, 6.07) is 6.38. The van der Waals surface area contributed by atoms with Gasteiger partial charge in [0.2, 0.25) is 6.54 Å². The van der Waals surface area contributed by atoms with E-state index in [1.807, 2.05) is 0 Å². The molecule has 0 aliphatic heterocycles. The molecule has 0 aliphatic carbocycles. The Labute approximate surface area is 139 Å². The Morgan fingerprint density at radius 1 is 1.08 bits per heavy atom. The van der Waals surface area contributed by atoms with Crippen molar-refractivity contribution in [2.24, 2.45) is 5.92 Å². The van der Waals surface area contributed by atoms with E-state index in [0.717, 1.165) is 0 Å². The maximum Gasteiger partial charge on any atom is 0.321 e. The molecule has 132 valence electrons. The quantitative estimate of drug-likeness (QED) is 0.292. The molecular weight excluding hydrogens is 318 g/mol. The monoisotopic (exact) mass is 339 g/mol. The van der Waals surface area contributed by atoms with Crippen LogP contribution in [-0.4, -0.2) is 43.7 Å². The van der Waals surface area contributed by atoms with Crippen LogP contribution in [0.4, 0.5) is 0 Å². The number of benzene rings is 1. The third kappa shape index (κ3) is 5.22. The van der Waals surface area contributed by atoms with E-state index in [-0.39, 0.29) is 13.2 Å². The standard InChI is InChI=1S/C16H21NO7/c1-4-23-15(18)14(16(19)24-5-2)13(10-17(20)21)11-6-8-12(22-3)9-7-11/h6-9,13-14H,4-5,10H2,1-3H3/t13-/m1/s1. The molecule has 0 unspecified atom stereocenters. The van der Waals surface area contributed by atoms with Crippen LogP contribution in [-0.2, 0) is 19.1 Å². The Bertz CT molecular complexity index is 552. The lowest BCUT2D eigenvalue weighted by Gasteiger charge is -2.21. The molecule has 1 rings (SSSR count). The fraction of sp³-hybridized carbons (Fsp3) is 0.500. The smallest absolute Gasteiger partial charge is 0.321 e. The molecule has 8 heteroatoms. The second kappa shape index (κ2) is 9.49. The first-order valence-corrected chi connectivity index (χ1v) is 7.53. The molecule has 0 amide bonds. The molecule has 8 nitrogen and oxygen atoms in total. The van der Waals surface area contributed by atoms with Gasteiger partial charge in [0.05, 0.1) is 26.2 Å². The van der Waals surface area contributed by atoms with E-state index in [1.165, 1.54) is 7.11 Å². The molecule has 1 aromatic rings. The molecule has 0 bridgehead atoms. The number of carbonyl (C=O) groups excluding carboxylic acids is 2. The van der Waals surface area contributed by atoms with Gasteiger partial charge in [-0.15, -0.1) is 0 Å². The molecular formula is C16H21NO7. The van der Waals surface area contributed by atoms with E-state index in [2.05, 4.69) is 0 Å². The Morgan fingerprint density at radius 2 is 1.58 bits per heavy atom. The van der Waals surface area contributed by atoms with E-state index in [9.17, 15) is 19.7 Å². The van der Waals surface area contributed by atoms with Gasteiger partial charge in [-0.25, -0.2) is 0 Å². The van der Waals surface area contributed by atoms with Gasteiger partial charge in [0.15, 0.2) is 5.92 Å². The Balaban J connectivity index is 3.25. The Morgan fingerprint density at radius 3 is 1.96 bits per heavy atom. The van der Waals surface area contributed by atoms with E-state index in [4.69, 9.17) is 14.2 Å². The van der Waals surface area contributed by atoms with E-state index in [1.54, 1.807) is 38.1 Å². The van der Waals surface area contributed by atoms with Gasteiger partial charge < -0.3 is 14.2 Å². The fourth-order valence-electron chi connectivity index (χ4n) is 2.30. The summed E-state index contributed by atoms with van der Waals surface area (Å²) in [5.74, 6) is -3.51. The van der Waals surface area contributed by atoms with Crippen molar-refractivity contribution in [3.63, 3.8) is 0 Å². The number of nitrogens with zero attached hydrogens (tertiary/aromatic N) is 1. The van der Waals surface area contributed by atoms with Crippen LogP contribution in [0.3, 0.4) is 0 Å². The lowest BCUT2D eigenvalue weighted by atomic mass is 9.85. The molecule has 1 atom stereocenters. The lowest BCUT2D eigenvalue weighted by Crippen LogP contribution is -2.36. The first kappa shape index (κ1) is 19.4. The topological polar surface area (TPSA) is 105 Å². The summed E-state index contributed by atoms with van der Waals surface area (Å²) in [7, 11) is 1.49. The van der Waals surface area contributed by atoms with Crippen molar-refractivity contribution in [1.82, 2.24) is 0 Å². The normalized spacial score (nSPS) is 11.7. The van der Waals surface area contributed by atoms with Gasteiger partial charge in [-0.1, -0.05) is 12.1 Å². The first-order chi connectivity index (χ1) is 11.4. The molecule has 24 heavy (non-hydrogen) atoms. The maximum atomic E-state index is 12.2. The van der Waals surface area contributed by atoms with Gasteiger partial charge in [-0.05, 0) is 31.5 Å². The number of ether oxygens (including phenoxy) is 3. The largest absolute Gasteiger partial charge is 0.497 e. The molecule has 0 spiro atoms. The summed E-state index contributed by atoms with van der Waals surface area (Å²) >= 11 is 0. The van der Waals surface area contributed by atoms with E-state index < -0.39 is 35.2 Å². The van der Waals surface area contributed by atoms with Crippen LogP contribution in [0, 0.1) is 16.0 Å². The van der Waals surface area contributed by atoms with Crippen LogP contribution in [0.25, 0.3) is 0 Å². The minimum atomic E-state index is -1.40. The highest BCUT2D eigenvalue weighted by atomic mass is 16.6. The molecule has 0 N–H and O–H groups in total. The molecule has 0 aliphatic rings. The van der Waals surface area contributed by atoms with Gasteiger partial charge in [0, 0.05) is 4.92 Å². The number of rotatable bonds is 9. The third-order valence-corrected chi connectivity index (χ3v) is 3.37. The van der Waals surface area contributed by atoms with Crippen molar-refractivity contribution < 1.29 is 28.7 Å². The van der Waals surface area contributed by atoms with Gasteiger partial charge in [0.25, 0.3) is 0 Å². The van der Waals surface area contributed by atoms with E-state index >= 15 is 0 Å². The van der Waals surface area contributed by atoms with Crippen molar-refractivity contribution in [1.29, 1.82) is 0 Å². The van der Waals surface area contributed by atoms with Crippen molar-refractivity contribution in [2.45, 2.75) is 19.8 Å². The number of hydrogen-bond acceptors (Lipinski definition) is 7. The molecule has 0 radical (unpaired) electrons. The van der Waals surface area contributed by atoms with Crippen molar-refractivity contribution in [3.8, 4) is 5.75 Å². The predicted molar refractivity (Wildman–Crippen MR) is 84.4 cm³/mol. The zero-order valence-corrected chi connectivity index (χ0v) is 13.9. The zero-order chi connectivity index (χ0) is 18.1. The highest BCUT2D eigenvalue weighted by molar-refractivity contribution is 5.96. The van der Waals surface area contributed by atoms with E-state index in [0.29, 0.717) is 11.3 Å². The number of carbonyl (C=O) groups is 2. The highest BCUT2D eigenvalue weighted by Gasteiger charge is 2.41. The van der Waals surface area contributed by atoms with Crippen LogP contribution in [0.15, 0.2) is 24.3 Å². The molecule has 0 saturated carbocycles. The molecule has 1 aromatic carbocycles. The van der Waals surface area contributed by atoms with Crippen LogP contribution in [0.1, 0.15) is 25.3 Å². The molecule has 0 saturated heterocycles. The Kier molecular flexibility index (Phi) is 7.67. The summed E-state index contributed by atoms with van der Waals surface area (Å²) in [4.78, 5) is 34.9. The van der Waals surface area contributed by atoms with Crippen molar-refractivity contribution in [3.05, 3.63) is 39.9 Å². The molecule has 0 heterocycles. The molecule has 0 fully saturated rings. The average Bonchev–Trinajstić information content (AvgIpc) is 2.54. The summed E-state index contributed by atoms with van der Waals surface area (Å²) in [5, 5.41) is 11.0. The second-order valence-electron chi connectivity index (χ2n) is 4.88. The third-order valence-electron chi connectivity index (χ3n) is 3.37. The zero-order valence-electron chi connectivity index (χ0n) is 13.9. The first-order valence-electron chi connectivity index (χ1n) is 7.53. The van der Waals surface area contributed by atoms with Crippen LogP contribution in [0.5, 0.6) is 5.75 Å². The van der Waals surface area contributed by atoms with Gasteiger partial charge in [-0.2, -0.15) is 0 Å². The number of esters is 2. The maximum absolute atomic E-state index is 12.2. The number of nitro groups is 1. The highest BCUT2D eigenvalue weighted by Crippen LogP contribution is 2.29. The number of hydrogen-bond donors (Lipinski definition) is 0. The summed E-state index contributed by atoms with van der Waals surface area (Å²) in [5.41, 5.74) is 0.457. The minimum Gasteiger partial charge on any atom is -0.497 e. The molecule has 0 aromatic heterocycles. The minimum absolute atomic E-state index is 0.0581. The van der Waals surface area contributed by atoms with Gasteiger partial charge >= 0.3 is 11.9 Å². The van der Waals surface area contributed by atoms with Crippen LogP contribution >= 0.6 is 0 Å². The SMILES string of the molecule is CCOC(=O)C(C(=O)OCC)[C@H](C[N+](=O)[O-])c1ccc(OC)cc1. The van der Waals surface area contributed by atoms with Crippen molar-refractivity contribution in [2.75, 3.05) is 26.9 Å².